The summed E-state index contributed by atoms with van der Waals surface area (Å²) in [4.78, 5) is 12.5. The van der Waals surface area contributed by atoms with Crippen LogP contribution in [0.5, 0.6) is 5.75 Å². The number of hydrogen-bond acceptors (Lipinski definition) is 5. The number of benzene rings is 2. The van der Waals surface area contributed by atoms with Crippen LogP contribution in [0.1, 0.15) is 23.6 Å². The van der Waals surface area contributed by atoms with Gasteiger partial charge in [0.1, 0.15) is 5.75 Å². The van der Waals surface area contributed by atoms with Gasteiger partial charge in [-0.15, -0.1) is 0 Å². The summed E-state index contributed by atoms with van der Waals surface area (Å²) in [6.07, 6.45) is -0.695. The highest BCUT2D eigenvalue weighted by Gasteiger charge is 2.20. The molecule has 0 radical (unpaired) electrons. The molecule has 26 heavy (non-hydrogen) atoms. The summed E-state index contributed by atoms with van der Waals surface area (Å²) in [6, 6.07) is 13.4. The number of carbonyl (C=O) groups is 1. The average Bonchev–Trinajstić information content (AvgIpc) is 3.07. The van der Waals surface area contributed by atoms with Crippen LogP contribution < -0.4 is 10.1 Å². The number of anilines is 1. The van der Waals surface area contributed by atoms with Crippen LogP contribution in [0.4, 0.5) is 5.82 Å². The second kappa shape index (κ2) is 7.39. The molecule has 6 heteroatoms. The van der Waals surface area contributed by atoms with Crippen molar-refractivity contribution in [3.05, 3.63) is 59.2 Å². The van der Waals surface area contributed by atoms with Crippen molar-refractivity contribution in [3.8, 4) is 17.0 Å². The Hall–Kier alpha value is -3.15. The van der Waals surface area contributed by atoms with E-state index in [9.17, 15) is 4.79 Å². The summed E-state index contributed by atoms with van der Waals surface area (Å²) < 4.78 is 10.5. The summed E-state index contributed by atoms with van der Waals surface area (Å²) >= 11 is 0. The molecule has 0 spiro atoms. The van der Waals surface area contributed by atoms with Gasteiger partial charge in [-0.05, 0) is 61.3 Å². The number of hydrogen-bond donors (Lipinski definition) is 1. The summed E-state index contributed by atoms with van der Waals surface area (Å²) in [6.45, 7) is 7.71. The minimum atomic E-state index is -0.695. The van der Waals surface area contributed by atoms with Gasteiger partial charge in [0.2, 0.25) is 5.82 Å². The van der Waals surface area contributed by atoms with E-state index in [4.69, 9.17) is 9.37 Å². The Morgan fingerprint density at radius 3 is 2.46 bits per heavy atom. The third-order valence-electron chi connectivity index (χ3n) is 4.22. The highest BCUT2D eigenvalue weighted by molar-refractivity contribution is 5.95. The van der Waals surface area contributed by atoms with Crippen LogP contribution in [0.25, 0.3) is 11.3 Å². The number of carbonyl (C=O) groups excluding carboxylic acids is 1. The summed E-state index contributed by atoms with van der Waals surface area (Å²) in [5.41, 5.74) is 4.71. The second-order valence-electron chi connectivity index (χ2n) is 6.32. The fourth-order valence-electron chi connectivity index (χ4n) is 2.43. The van der Waals surface area contributed by atoms with Crippen LogP contribution in [0.3, 0.4) is 0 Å². The Morgan fingerprint density at radius 1 is 1.04 bits per heavy atom. The molecule has 0 aliphatic rings. The van der Waals surface area contributed by atoms with Gasteiger partial charge in [-0.1, -0.05) is 35.9 Å². The van der Waals surface area contributed by atoms with E-state index in [0.717, 1.165) is 16.7 Å². The molecule has 0 bridgehead atoms. The Bertz CT molecular complexity index is 916. The van der Waals surface area contributed by atoms with Gasteiger partial charge >= 0.3 is 0 Å². The predicted octanol–water partition coefficient (Wildman–Crippen LogP) is 4.07. The number of aromatic nitrogens is 2. The predicted molar refractivity (Wildman–Crippen MR) is 99.1 cm³/mol. The largest absolute Gasteiger partial charge is 0.481 e. The molecule has 0 saturated carbocycles. The molecule has 1 atom stereocenters. The number of rotatable bonds is 5. The minimum Gasteiger partial charge on any atom is -0.481 e. The van der Waals surface area contributed by atoms with Gasteiger partial charge in [0, 0.05) is 5.56 Å². The number of nitrogens with zero attached hydrogens (tertiary/aromatic N) is 2. The van der Waals surface area contributed by atoms with E-state index in [1.165, 1.54) is 5.56 Å². The lowest BCUT2D eigenvalue weighted by Crippen LogP contribution is -2.30. The van der Waals surface area contributed by atoms with Crippen LogP contribution >= 0.6 is 0 Å². The van der Waals surface area contributed by atoms with E-state index in [-0.39, 0.29) is 11.7 Å². The molecule has 3 rings (SSSR count). The van der Waals surface area contributed by atoms with Crippen LogP contribution in [0, 0.1) is 20.8 Å². The van der Waals surface area contributed by atoms with Gasteiger partial charge in [0.25, 0.3) is 5.91 Å². The van der Waals surface area contributed by atoms with Gasteiger partial charge in [0.05, 0.1) is 0 Å². The maximum atomic E-state index is 12.5. The SMILES string of the molecule is Cc1ccc(-c2nonc2NC(=O)C(C)Oc2ccc(C)c(C)c2)cc1. The lowest BCUT2D eigenvalue weighted by atomic mass is 10.1. The van der Waals surface area contributed by atoms with Gasteiger partial charge in [-0.2, -0.15) is 0 Å². The van der Waals surface area contributed by atoms with Crippen molar-refractivity contribution in [1.82, 2.24) is 10.3 Å². The Balaban J connectivity index is 1.71. The molecule has 1 amide bonds. The quantitative estimate of drug-likeness (QED) is 0.750. The number of ether oxygens (including phenoxy) is 1. The first kappa shape index (κ1) is 17.7. The summed E-state index contributed by atoms with van der Waals surface area (Å²) in [5.74, 6) is 0.592. The zero-order valence-electron chi connectivity index (χ0n) is 15.2. The molecule has 3 aromatic rings. The highest BCUT2D eigenvalue weighted by atomic mass is 16.6. The smallest absolute Gasteiger partial charge is 0.266 e. The number of amides is 1. The second-order valence-corrected chi connectivity index (χ2v) is 6.32. The van der Waals surface area contributed by atoms with Crippen molar-refractivity contribution in [2.24, 2.45) is 0 Å². The van der Waals surface area contributed by atoms with E-state index >= 15 is 0 Å². The van der Waals surface area contributed by atoms with Crippen molar-refractivity contribution >= 4 is 11.7 Å². The van der Waals surface area contributed by atoms with E-state index in [1.54, 1.807) is 6.92 Å². The molecule has 2 aromatic carbocycles. The monoisotopic (exact) mass is 351 g/mol. The van der Waals surface area contributed by atoms with Gasteiger partial charge in [-0.25, -0.2) is 4.63 Å². The molecule has 1 unspecified atom stereocenters. The standard InChI is InChI=1S/C20H21N3O3/c1-12-5-8-16(9-6-12)18-19(23-26-22-18)21-20(24)15(4)25-17-10-7-13(2)14(3)11-17/h5-11,15H,1-4H3,(H,21,23,24). The molecular weight excluding hydrogens is 330 g/mol. The van der Waals surface area contributed by atoms with E-state index in [0.29, 0.717) is 11.4 Å². The molecule has 0 saturated heterocycles. The van der Waals surface area contributed by atoms with Gasteiger partial charge in [-0.3, -0.25) is 4.79 Å². The Morgan fingerprint density at radius 2 is 1.77 bits per heavy atom. The fraction of sp³-hybridized carbons (Fsp3) is 0.250. The molecule has 0 aliphatic heterocycles. The first-order chi connectivity index (χ1) is 12.4. The first-order valence-electron chi connectivity index (χ1n) is 8.38. The maximum Gasteiger partial charge on any atom is 0.266 e. The molecule has 0 aliphatic carbocycles. The van der Waals surface area contributed by atoms with Crippen LogP contribution in [0.2, 0.25) is 0 Å². The molecule has 1 aromatic heterocycles. The van der Waals surface area contributed by atoms with Crippen molar-refractivity contribution in [1.29, 1.82) is 0 Å². The van der Waals surface area contributed by atoms with Crippen LogP contribution in [0.15, 0.2) is 47.1 Å². The van der Waals surface area contributed by atoms with Crippen molar-refractivity contribution in [2.45, 2.75) is 33.8 Å². The number of nitrogens with one attached hydrogen (secondary N) is 1. The molecule has 1 N–H and O–H groups in total. The summed E-state index contributed by atoms with van der Waals surface area (Å²) in [5, 5.41) is 10.4. The van der Waals surface area contributed by atoms with Crippen LogP contribution in [-0.4, -0.2) is 22.3 Å². The topological polar surface area (TPSA) is 77.3 Å². The van der Waals surface area contributed by atoms with E-state index < -0.39 is 6.10 Å². The van der Waals surface area contributed by atoms with Crippen molar-refractivity contribution < 1.29 is 14.2 Å². The average molecular weight is 351 g/mol. The highest BCUT2D eigenvalue weighted by Crippen LogP contribution is 2.25. The number of aryl methyl sites for hydroxylation is 3. The normalized spacial score (nSPS) is 11.8. The Kier molecular flexibility index (Phi) is 5.02. The minimum absolute atomic E-state index is 0.273. The van der Waals surface area contributed by atoms with E-state index in [2.05, 4.69) is 15.6 Å². The third-order valence-corrected chi connectivity index (χ3v) is 4.22. The molecule has 0 fully saturated rings. The van der Waals surface area contributed by atoms with Crippen molar-refractivity contribution in [3.63, 3.8) is 0 Å². The van der Waals surface area contributed by atoms with E-state index in [1.807, 2.05) is 63.2 Å². The zero-order valence-corrected chi connectivity index (χ0v) is 15.2. The molecule has 1 heterocycles. The third kappa shape index (κ3) is 3.91. The first-order valence-corrected chi connectivity index (χ1v) is 8.38. The maximum absolute atomic E-state index is 12.5. The van der Waals surface area contributed by atoms with Crippen molar-refractivity contribution in [2.75, 3.05) is 5.32 Å². The lowest BCUT2D eigenvalue weighted by Gasteiger charge is -2.15. The molecule has 6 nitrogen and oxygen atoms in total. The Labute approximate surface area is 152 Å². The van der Waals surface area contributed by atoms with Crippen LogP contribution in [-0.2, 0) is 4.79 Å². The van der Waals surface area contributed by atoms with Gasteiger partial charge in [0.15, 0.2) is 11.8 Å². The fourth-order valence-corrected chi connectivity index (χ4v) is 2.43. The van der Waals surface area contributed by atoms with Gasteiger partial charge < -0.3 is 10.1 Å². The summed E-state index contributed by atoms with van der Waals surface area (Å²) in [7, 11) is 0. The molecular formula is C20H21N3O3. The lowest BCUT2D eigenvalue weighted by molar-refractivity contribution is -0.122. The zero-order chi connectivity index (χ0) is 18.7. The molecule has 134 valence electrons.